The van der Waals surface area contributed by atoms with Crippen molar-refractivity contribution >= 4 is 77.6 Å². The Morgan fingerprint density at radius 3 is 1.16 bits per heavy atom. The Kier molecular flexibility index (Phi) is 31.7. The van der Waals surface area contributed by atoms with Crippen LogP contribution in [0.15, 0.2) is 78.9 Å². The minimum atomic E-state index is -0.725. The Morgan fingerprint density at radius 2 is 0.787 bits per heavy atom. The Balaban J connectivity index is 0.000000516. The minimum absolute atomic E-state index is 0.0492. The van der Waals surface area contributed by atoms with Crippen LogP contribution in [0, 0.1) is 0 Å². The molecule has 3 aromatic rings. The van der Waals surface area contributed by atoms with Crippen molar-refractivity contribution < 1.29 is 76.5 Å². The number of likely N-dealkylation sites (N-methyl/N-ethyl adjacent to an activating group) is 10. The molecule has 488 valence electrons. The van der Waals surface area contributed by atoms with Gasteiger partial charge in [0.05, 0.1) is 52.4 Å². The first-order chi connectivity index (χ1) is 41.7. The summed E-state index contributed by atoms with van der Waals surface area (Å²) in [7, 11) is 14.5. The molecule has 0 fully saturated rings. The molecule has 1 aliphatic carbocycles. The van der Waals surface area contributed by atoms with Gasteiger partial charge < -0.3 is 68.9 Å². The summed E-state index contributed by atoms with van der Waals surface area (Å²) in [4.78, 5) is 168. The highest BCUT2D eigenvalue weighted by atomic mass is 16.6. The number of carbonyl (C=O) groups excluding carboxylic acids is 13. The third-order valence-electron chi connectivity index (χ3n) is 13.6. The summed E-state index contributed by atoms with van der Waals surface area (Å²) in [5.74, 6) is -4.74. The van der Waals surface area contributed by atoms with Crippen molar-refractivity contribution in [3.63, 3.8) is 0 Å². The van der Waals surface area contributed by atoms with Gasteiger partial charge >= 0.3 is 18.0 Å². The number of rotatable bonds is 28. The van der Waals surface area contributed by atoms with Crippen molar-refractivity contribution in [1.82, 2.24) is 49.0 Å². The summed E-state index contributed by atoms with van der Waals surface area (Å²) in [5.41, 5.74) is 10.1. The van der Waals surface area contributed by atoms with Crippen LogP contribution in [-0.2, 0) is 78.4 Å². The number of benzene rings is 3. The molecule has 27 heteroatoms. The minimum Gasteiger partial charge on any atom is -0.460 e. The monoisotopic (exact) mass is 1240 g/mol. The van der Waals surface area contributed by atoms with E-state index in [0.717, 1.165) is 25.2 Å². The molecule has 3 aromatic carbocycles. The molecular formula is C62H89N11O16. The molecule has 0 aromatic heterocycles. The van der Waals surface area contributed by atoms with Crippen molar-refractivity contribution in [2.75, 3.05) is 143 Å². The smallest absolute Gasteiger partial charge is 0.404 e. The molecule has 0 saturated heterocycles. The van der Waals surface area contributed by atoms with E-state index in [1.807, 2.05) is 61.5 Å². The van der Waals surface area contributed by atoms with Gasteiger partial charge in [0.2, 0.25) is 59.6 Å². The van der Waals surface area contributed by atoms with E-state index >= 15 is 0 Å². The second kappa shape index (κ2) is 37.3. The molecule has 11 amide bonds. The second-order valence-corrected chi connectivity index (χ2v) is 22.4. The molecule has 0 saturated carbocycles. The molecule has 27 nitrogen and oxygen atoms in total. The van der Waals surface area contributed by atoms with Gasteiger partial charge in [0.25, 0.3) is 0 Å². The van der Waals surface area contributed by atoms with E-state index in [-0.39, 0.29) is 108 Å². The van der Waals surface area contributed by atoms with Crippen LogP contribution in [0.3, 0.4) is 0 Å². The number of fused-ring (bicyclic) bond motifs is 3. The molecule has 2 N–H and O–H groups in total. The average Bonchev–Trinajstić information content (AvgIpc) is 3.06. The van der Waals surface area contributed by atoms with Gasteiger partial charge in [-0.25, -0.2) is 4.79 Å². The highest BCUT2D eigenvalue weighted by molar-refractivity contribution is 5.93. The van der Waals surface area contributed by atoms with Crippen LogP contribution in [0.4, 0.5) is 4.79 Å². The summed E-state index contributed by atoms with van der Waals surface area (Å²) >= 11 is 0. The predicted octanol–water partition coefficient (Wildman–Crippen LogP) is 1.36. The fourth-order valence-corrected chi connectivity index (χ4v) is 8.07. The highest BCUT2D eigenvalue weighted by Gasteiger charge is 2.30. The van der Waals surface area contributed by atoms with Crippen LogP contribution < -0.4 is 5.73 Å². The Bertz CT molecular complexity index is 2890. The lowest BCUT2D eigenvalue weighted by Crippen LogP contribution is -2.48. The molecular weight excluding hydrogens is 1150 g/mol. The number of nitrogens with zero attached hydrogens (tertiary/aromatic N) is 10. The van der Waals surface area contributed by atoms with E-state index in [4.69, 9.17) is 19.9 Å². The molecule has 1 aliphatic rings. The number of esters is 2. The van der Waals surface area contributed by atoms with Gasteiger partial charge in [-0.3, -0.25) is 57.5 Å². The first-order valence-corrected chi connectivity index (χ1v) is 28.5. The van der Waals surface area contributed by atoms with E-state index in [2.05, 4.69) is 24.3 Å². The Labute approximate surface area is 521 Å². The summed E-state index contributed by atoms with van der Waals surface area (Å²) in [6.07, 6.45) is 0.194. The van der Waals surface area contributed by atoms with Gasteiger partial charge in [-0.1, -0.05) is 78.9 Å². The van der Waals surface area contributed by atoms with Crippen LogP contribution in [0.1, 0.15) is 69.6 Å². The molecule has 4 rings (SSSR count). The van der Waals surface area contributed by atoms with E-state index < -0.39 is 59.1 Å². The molecule has 0 unspecified atom stereocenters. The van der Waals surface area contributed by atoms with Crippen LogP contribution in [0.2, 0.25) is 0 Å². The lowest BCUT2D eigenvalue weighted by Gasteiger charge is -2.27. The molecule has 0 aliphatic heterocycles. The third kappa shape index (κ3) is 27.4. The topological polar surface area (TPSA) is 308 Å². The summed E-state index contributed by atoms with van der Waals surface area (Å²) in [5, 5.41) is 0. The Hall–Kier alpha value is -9.43. The van der Waals surface area contributed by atoms with Crippen LogP contribution >= 0.6 is 0 Å². The van der Waals surface area contributed by atoms with E-state index in [1.54, 1.807) is 27.8 Å². The van der Waals surface area contributed by atoms with Gasteiger partial charge in [-0.15, -0.1) is 0 Å². The zero-order chi connectivity index (χ0) is 67.3. The van der Waals surface area contributed by atoms with Crippen molar-refractivity contribution in [1.29, 1.82) is 0 Å². The molecule has 89 heavy (non-hydrogen) atoms. The van der Waals surface area contributed by atoms with Crippen molar-refractivity contribution in [3.05, 3.63) is 95.6 Å². The maximum absolute atomic E-state index is 12.7. The quantitative estimate of drug-likeness (QED) is 0.0610. The van der Waals surface area contributed by atoms with Crippen molar-refractivity contribution in [2.24, 2.45) is 5.73 Å². The van der Waals surface area contributed by atoms with Gasteiger partial charge in [0.15, 0.2) is 0 Å². The first-order valence-electron chi connectivity index (χ1n) is 28.5. The van der Waals surface area contributed by atoms with Crippen molar-refractivity contribution in [3.8, 4) is 11.1 Å². The van der Waals surface area contributed by atoms with E-state index in [9.17, 15) is 62.3 Å². The summed E-state index contributed by atoms with van der Waals surface area (Å²) in [6.45, 7) is 5.74. The molecule has 0 heterocycles. The number of amides is 11. The SMILES string of the molecule is CCN(C)C(=O)CN(C)C(=O)CN(C)C(=O)CN(C)C(=O)CN(C)C(=O)CN(C)C(=O)CN(C)C(=O)CCCC(=O)OC(C)(C)C.CN(C=O)CC(=O)N(C)CC(=O)N(C)CC(=O)OCc1ccccc1.NC(=O)OCC1c2ccccc2-c2ccccc21. The molecule has 0 spiro atoms. The number of nitrogens with two attached hydrogens (primary N) is 1. The lowest BCUT2D eigenvalue weighted by atomic mass is 9.98. The lowest BCUT2D eigenvalue weighted by molar-refractivity contribution is -0.155. The summed E-state index contributed by atoms with van der Waals surface area (Å²) in [6, 6.07) is 25.6. The standard InChI is InChI=1S/C30H53N7O9.C17H23N3O5.C15H13NO2/c1-12-31(5)23(39)16-33(7)25(41)18-35(9)27(43)20-37(11)28(44)21-36(10)26(42)19-34(8)24(40)17-32(6)22(38)14-13-15-29(45)46-30(2,3)4;1-18(13-21)9-15(22)19(2)10-16(23)20(3)11-17(24)25-12-14-7-5-4-6-8-14;16-15(17)18-9-14-12-7-3-1-5-10(12)11-6-2-4-8-13(11)14/h12-21H2,1-11H3;4-8,13H,9-12H2,1-3H3;1-8,14H,9H2,(H2,16,17). The van der Waals surface area contributed by atoms with E-state index in [1.165, 1.54) is 115 Å². The zero-order valence-electron chi connectivity index (χ0n) is 53.8. The van der Waals surface area contributed by atoms with Crippen LogP contribution in [-0.4, -0.2) is 275 Å². The largest absolute Gasteiger partial charge is 0.460 e. The number of hydrogen-bond donors (Lipinski definition) is 1. The highest BCUT2D eigenvalue weighted by Crippen LogP contribution is 2.44. The predicted molar refractivity (Wildman–Crippen MR) is 328 cm³/mol. The molecule has 0 atom stereocenters. The number of primary amides is 1. The van der Waals surface area contributed by atoms with Crippen LogP contribution in [0.5, 0.6) is 0 Å². The summed E-state index contributed by atoms with van der Waals surface area (Å²) < 4.78 is 15.3. The maximum atomic E-state index is 12.7. The van der Waals surface area contributed by atoms with Gasteiger partial charge in [-0.2, -0.15) is 0 Å². The van der Waals surface area contributed by atoms with E-state index in [0.29, 0.717) is 19.6 Å². The third-order valence-corrected chi connectivity index (χ3v) is 13.6. The van der Waals surface area contributed by atoms with Crippen molar-refractivity contribution in [2.45, 2.75) is 65.1 Å². The van der Waals surface area contributed by atoms with Crippen LogP contribution in [0.25, 0.3) is 11.1 Å². The normalized spacial score (nSPS) is 10.9. The number of carbonyl (C=O) groups is 13. The first kappa shape index (κ1) is 75.7. The van der Waals surface area contributed by atoms with Gasteiger partial charge in [-0.05, 0) is 61.9 Å². The maximum Gasteiger partial charge on any atom is 0.404 e. The van der Waals surface area contributed by atoms with Gasteiger partial charge in [0.1, 0.15) is 25.4 Å². The number of ether oxygens (including phenoxy) is 3. The molecule has 0 bridgehead atoms. The van der Waals surface area contributed by atoms with Gasteiger partial charge in [0, 0.05) is 95.8 Å². The number of hydrogen-bond acceptors (Lipinski definition) is 16. The average molecular weight is 1240 g/mol. The fourth-order valence-electron chi connectivity index (χ4n) is 8.07. The fraction of sp³-hybridized carbons (Fsp3) is 0.500. The zero-order valence-corrected chi connectivity index (χ0v) is 53.8. The molecule has 0 radical (unpaired) electrons. The Morgan fingerprint density at radius 1 is 0.438 bits per heavy atom. The second-order valence-electron chi connectivity index (χ2n) is 22.4.